The first kappa shape index (κ1) is 18.8. The fourth-order valence-electron chi connectivity index (χ4n) is 2.72. The number of nitrogens with one attached hydrogen (secondary N) is 1. The smallest absolute Gasteiger partial charge is 0.236 e. The summed E-state index contributed by atoms with van der Waals surface area (Å²) in [6.45, 7) is 0.404. The highest BCUT2D eigenvalue weighted by atomic mass is 32.2. The van der Waals surface area contributed by atoms with Crippen molar-refractivity contribution in [2.24, 2.45) is 5.73 Å². The summed E-state index contributed by atoms with van der Waals surface area (Å²) in [6, 6.07) is 4.30. The summed E-state index contributed by atoms with van der Waals surface area (Å²) in [5.74, 6) is 0.345. The highest BCUT2D eigenvalue weighted by molar-refractivity contribution is 7.99. The summed E-state index contributed by atoms with van der Waals surface area (Å²) in [4.78, 5) is 27.7. The van der Waals surface area contributed by atoms with E-state index in [1.165, 1.54) is 35.2 Å². The van der Waals surface area contributed by atoms with Crippen molar-refractivity contribution in [1.82, 2.24) is 19.7 Å². The van der Waals surface area contributed by atoms with Gasteiger partial charge in [0.2, 0.25) is 11.8 Å². The van der Waals surface area contributed by atoms with Gasteiger partial charge in [0.05, 0.1) is 16.0 Å². The van der Waals surface area contributed by atoms with Gasteiger partial charge in [-0.15, -0.1) is 10.2 Å². The van der Waals surface area contributed by atoms with Crippen LogP contribution >= 0.6 is 23.1 Å². The maximum Gasteiger partial charge on any atom is 0.236 e. The molecule has 0 spiro atoms. The van der Waals surface area contributed by atoms with Gasteiger partial charge in [-0.2, -0.15) is 0 Å². The molecule has 28 heavy (non-hydrogen) atoms. The zero-order valence-electron chi connectivity index (χ0n) is 14.7. The zero-order chi connectivity index (χ0) is 19.7. The van der Waals surface area contributed by atoms with E-state index in [0.29, 0.717) is 33.0 Å². The summed E-state index contributed by atoms with van der Waals surface area (Å²) in [5.41, 5.74) is 5.89. The van der Waals surface area contributed by atoms with Gasteiger partial charge in [-0.3, -0.25) is 9.59 Å². The number of hydrogen-bond donors (Lipinski definition) is 2. The second kappa shape index (κ2) is 7.84. The van der Waals surface area contributed by atoms with E-state index in [9.17, 15) is 14.0 Å². The molecule has 0 saturated heterocycles. The molecule has 0 aliphatic heterocycles. The van der Waals surface area contributed by atoms with Gasteiger partial charge in [-0.1, -0.05) is 23.1 Å². The van der Waals surface area contributed by atoms with Crippen molar-refractivity contribution in [1.29, 1.82) is 0 Å². The lowest BCUT2D eigenvalue weighted by Gasteiger charge is -2.08. The SMILES string of the molecule is NC(=O)CCn1c(SCC(=O)Nc2nc3ccc(F)cc3s2)nnc1C1CC1. The van der Waals surface area contributed by atoms with Gasteiger partial charge in [-0.05, 0) is 31.0 Å². The molecule has 8 nitrogen and oxygen atoms in total. The number of amides is 2. The fourth-order valence-corrected chi connectivity index (χ4v) is 4.40. The molecule has 1 aliphatic rings. The van der Waals surface area contributed by atoms with E-state index < -0.39 is 5.91 Å². The minimum absolute atomic E-state index is 0.115. The Labute approximate surface area is 167 Å². The summed E-state index contributed by atoms with van der Waals surface area (Å²) in [5, 5.41) is 12.1. The first-order valence-corrected chi connectivity index (χ1v) is 10.5. The Morgan fingerprint density at radius 2 is 2.18 bits per heavy atom. The van der Waals surface area contributed by atoms with Crippen LogP contribution < -0.4 is 11.1 Å². The maximum absolute atomic E-state index is 13.3. The number of halogens is 1. The van der Waals surface area contributed by atoms with Gasteiger partial charge in [0, 0.05) is 18.9 Å². The van der Waals surface area contributed by atoms with E-state index in [2.05, 4.69) is 20.5 Å². The third kappa shape index (κ3) is 4.30. The monoisotopic (exact) mass is 420 g/mol. The second-order valence-electron chi connectivity index (χ2n) is 6.45. The molecule has 11 heteroatoms. The van der Waals surface area contributed by atoms with Gasteiger partial charge in [0.1, 0.15) is 11.6 Å². The van der Waals surface area contributed by atoms with Crippen molar-refractivity contribution in [3.8, 4) is 0 Å². The van der Waals surface area contributed by atoms with Crippen molar-refractivity contribution in [3.05, 3.63) is 29.8 Å². The van der Waals surface area contributed by atoms with Gasteiger partial charge < -0.3 is 15.6 Å². The van der Waals surface area contributed by atoms with Crippen LogP contribution in [-0.2, 0) is 16.1 Å². The predicted octanol–water partition coefficient (Wildman–Crippen LogP) is 2.51. The average Bonchev–Trinajstić information content (AvgIpc) is 3.29. The van der Waals surface area contributed by atoms with E-state index in [0.717, 1.165) is 18.7 Å². The number of carbonyl (C=O) groups excluding carboxylic acids is 2. The Bertz CT molecular complexity index is 1050. The van der Waals surface area contributed by atoms with Crippen LogP contribution in [0.4, 0.5) is 9.52 Å². The van der Waals surface area contributed by atoms with Crippen LogP contribution in [0.2, 0.25) is 0 Å². The van der Waals surface area contributed by atoms with Crippen molar-refractivity contribution >= 4 is 50.3 Å². The Morgan fingerprint density at radius 3 is 2.93 bits per heavy atom. The van der Waals surface area contributed by atoms with E-state index in [4.69, 9.17) is 5.73 Å². The van der Waals surface area contributed by atoms with Gasteiger partial charge >= 0.3 is 0 Å². The molecular formula is C17H17FN6O2S2. The normalized spacial score (nSPS) is 13.8. The number of thiazole rings is 1. The van der Waals surface area contributed by atoms with Crippen LogP contribution in [0.15, 0.2) is 23.4 Å². The third-order valence-electron chi connectivity index (χ3n) is 4.20. The molecule has 1 aliphatic carbocycles. The summed E-state index contributed by atoms with van der Waals surface area (Å²) in [7, 11) is 0. The average molecular weight is 420 g/mol. The predicted molar refractivity (Wildman–Crippen MR) is 105 cm³/mol. The third-order valence-corrected chi connectivity index (χ3v) is 6.10. The van der Waals surface area contributed by atoms with Crippen LogP contribution in [0.5, 0.6) is 0 Å². The summed E-state index contributed by atoms with van der Waals surface area (Å²) in [6.07, 6.45) is 2.30. The fraction of sp³-hybridized carbons (Fsp3) is 0.353. The molecule has 2 amide bonds. The molecular weight excluding hydrogens is 403 g/mol. The number of carbonyl (C=O) groups is 2. The van der Waals surface area contributed by atoms with Crippen LogP contribution in [0.1, 0.15) is 31.0 Å². The molecule has 3 aromatic rings. The largest absolute Gasteiger partial charge is 0.370 e. The Balaban J connectivity index is 1.40. The van der Waals surface area contributed by atoms with Gasteiger partial charge in [0.25, 0.3) is 0 Å². The van der Waals surface area contributed by atoms with Crippen molar-refractivity contribution < 1.29 is 14.0 Å². The molecule has 1 fully saturated rings. The number of rotatable bonds is 8. The number of thioether (sulfide) groups is 1. The van der Waals surface area contributed by atoms with Crippen LogP contribution in [0.25, 0.3) is 10.2 Å². The van der Waals surface area contributed by atoms with Crippen molar-refractivity contribution in [3.63, 3.8) is 0 Å². The van der Waals surface area contributed by atoms with E-state index in [-0.39, 0.29) is 23.9 Å². The number of fused-ring (bicyclic) bond motifs is 1. The van der Waals surface area contributed by atoms with E-state index >= 15 is 0 Å². The lowest BCUT2D eigenvalue weighted by Crippen LogP contribution is -2.17. The second-order valence-corrected chi connectivity index (χ2v) is 8.42. The number of aromatic nitrogens is 4. The molecule has 1 saturated carbocycles. The Hall–Kier alpha value is -2.53. The Morgan fingerprint density at radius 1 is 1.36 bits per heavy atom. The number of nitrogens with two attached hydrogens (primary N) is 1. The number of hydrogen-bond acceptors (Lipinski definition) is 7. The summed E-state index contributed by atoms with van der Waals surface area (Å²) < 4.78 is 15.8. The summed E-state index contributed by atoms with van der Waals surface area (Å²) >= 11 is 2.46. The molecule has 3 N–H and O–H groups in total. The molecule has 0 bridgehead atoms. The molecule has 0 atom stereocenters. The van der Waals surface area contributed by atoms with Crippen LogP contribution in [0, 0.1) is 5.82 Å². The lowest BCUT2D eigenvalue weighted by atomic mass is 10.3. The number of benzene rings is 1. The molecule has 1 aromatic carbocycles. The van der Waals surface area contributed by atoms with Crippen LogP contribution in [0.3, 0.4) is 0 Å². The number of anilines is 1. The maximum atomic E-state index is 13.3. The highest BCUT2D eigenvalue weighted by Gasteiger charge is 2.30. The first-order valence-electron chi connectivity index (χ1n) is 8.70. The van der Waals surface area contributed by atoms with E-state index in [1.807, 2.05) is 4.57 Å². The van der Waals surface area contributed by atoms with Crippen LogP contribution in [-0.4, -0.2) is 37.3 Å². The minimum atomic E-state index is -0.392. The molecule has 2 aromatic heterocycles. The minimum Gasteiger partial charge on any atom is -0.370 e. The van der Waals surface area contributed by atoms with Crippen molar-refractivity contribution in [2.45, 2.75) is 36.9 Å². The number of primary amides is 1. The molecule has 146 valence electrons. The van der Waals surface area contributed by atoms with Crippen molar-refractivity contribution in [2.75, 3.05) is 11.1 Å². The molecule has 0 radical (unpaired) electrons. The molecule has 4 rings (SSSR count). The highest BCUT2D eigenvalue weighted by Crippen LogP contribution is 2.40. The zero-order valence-corrected chi connectivity index (χ0v) is 16.4. The molecule has 2 heterocycles. The van der Waals surface area contributed by atoms with Gasteiger partial charge in [-0.25, -0.2) is 9.37 Å². The standard InChI is InChI=1S/C17H17FN6O2S2/c18-10-3-4-11-12(7-10)28-16(20-11)21-14(26)8-27-17-23-22-15(9-1-2-9)24(17)6-5-13(19)25/h3-4,7,9H,1-2,5-6,8H2,(H2,19,25)(H,20,21,26). The first-order chi connectivity index (χ1) is 13.5. The number of nitrogens with zero attached hydrogens (tertiary/aromatic N) is 4. The Kier molecular flexibility index (Phi) is 5.27. The topological polar surface area (TPSA) is 116 Å². The van der Waals surface area contributed by atoms with Gasteiger partial charge in [0.15, 0.2) is 10.3 Å². The lowest BCUT2D eigenvalue weighted by molar-refractivity contribution is -0.118. The molecule has 0 unspecified atom stereocenters. The van der Waals surface area contributed by atoms with E-state index in [1.54, 1.807) is 6.07 Å². The quantitative estimate of drug-likeness (QED) is 0.541.